The quantitative estimate of drug-likeness (QED) is 0.888. The smallest absolute Gasteiger partial charge is 0.119 e. The molecule has 0 saturated carbocycles. The molecule has 1 aliphatic heterocycles. The minimum atomic E-state index is 0.628. The summed E-state index contributed by atoms with van der Waals surface area (Å²) in [4.78, 5) is 2.56. The van der Waals surface area contributed by atoms with Crippen molar-refractivity contribution in [3.8, 4) is 5.75 Å². The second-order valence-corrected chi connectivity index (χ2v) is 6.60. The third-order valence-corrected chi connectivity index (χ3v) is 4.87. The Morgan fingerprint density at radius 2 is 2.05 bits per heavy atom. The van der Waals surface area contributed by atoms with Crippen molar-refractivity contribution in [2.45, 2.75) is 45.3 Å². The molecule has 0 amide bonds. The van der Waals surface area contributed by atoms with Gasteiger partial charge in [0.1, 0.15) is 5.75 Å². The lowest BCUT2D eigenvalue weighted by Gasteiger charge is -2.35. The van der Waals surface area contributed by atoms with Gasteiger partial charge in [-0.25, -0.2) is 0 Å². The van der Waals surface area contributed by atoms with Crippen molar-refractivity contribution in [3.05, 3.63) is 28.2 Å². The van der Waals surface area contributed by atoms with E-state index < -0.39 is 0 Å². The summed E-state index contributed by atoms with van der Waals surface area (Å²) in [5, 5.41) is 3.68. The van der Waals surface area contributed by atoms with Crippen molar-refractivity contribution in [1.82, 2.24) is 10.2 Å². The topological polar surface area (TPSA) is 24.5 Å². The van der Waals surface area contributed by atoms with Gasteiger partial charge in [0.25, 0.3) is 0 Å². The predicted octanol–water partition coefficient (Wildman–Crippen LogP) is 3.42. The van der Waals surface area contributed by atoms with Gasteiger partial charge in [-0.1, -0.05) is 15.9 Å². The Balaban J connectivity index is 1.84. The van der Waals surface area contributed by atoms with Crippen LogP contribution < -0.4 is 10.1 Å². The molecule has 2 rings (SSSR count). The summed E-state index contributed by atoms with van der Waals surface area (Å²) in [5.41, 5.74) is 1.26. The summed E-state index contributed by atoms with van der Waals surface area (Å²) < 4.78 is 6.43. The number of benzene rings is 1. The van der Waals surface area contributed by atoms with Gasteiger partial charge < -0.3 is 15.0 Å². The average molecular weight is 341 g/mol. The molecule has 0 bridgehead atoms. The number of methoxy groups -OCH3 is 1. The van der Waals surface area contributed by atoms with Crippen LogP contribution in [0.2, 0.25) is 0 Å². The van der Waals surface area contributed by atoms with Crippen molar-refractivity contribution in [1.29, 1.82) is 0 Å². The van der Waals surface area contributed by atoms with E-state index in [2.05, 4.69) is 52.1 Å². The highest BCUT2D eigenvalue weighted by Crippen LogP contribution is 2.23. The molecule has 20 heavy (non-hydrogen) atoms. The van der Waals surface area contributed by atoms with Crippen LogP contribution >= 0.6 is 15.9 Å². The molecule has 0 atom stereocenters. The maximum absolute atomic E-state index is 5.29. The van der Waals surface area contributed by atoms with Crippen LogP contribution in [0.1, 0.15) is 32.3 Å². The van der Waals surface area contributed by atoms with Gasteiger partial charge in [-0.3, -0.25) is 0 Å². The number of nitrogens with one attached hydrogen (secondary N) is 1. The number of piperidine rings is 1. The lowest BCUT2D eigenvalue weighted by Crippen LogP contribution is -2.44. The molecule has 0 aliphatic carbocycles. The minimum absolute atomic E-state index is 0.628. The number of ether oxygens (including phenoxy) is 1. The van der Waals surface area contributed by atoms with Gasteiger partial charge in [-0.05, 0) is 63.5 Å². The zero-order valence-electron chi connectivity index (χ0n) is 12.7. The zero-order chi connectivity index (χ0) is 14.5. The van der Waals surface area contributed by atoms with Gasteiger partial charge in [-0.15, -0.1) is 0 Å². The zero-order valence-corrected chi connectivity index (χ0v) is 14.2. The van der Waals surface area contributed by atoms with Gasteiger partial charge in [-0.2, -0.15) is 0 Å². The van der Waals surface area contributed by atoms with E-state index in [1.165, 1.54) is 31.5 Å². The summed E-state index contributed by atoms with van der Waals surface area (Å²) in [7, 11) is 1.71. The molecule has 1 aromatic carbocycles. The first-order chi connectivity index (χ1) is 9.60. The summed E-state index contributed by atoms with van der Waals surface area (Å²) in [5.74, 6) is 0.916. The van der Waals surface area contributed by atoms with E-state index >= 15 is 0 Å². The molecule has 4 heteroatoms. The van der Waals surface area contributed by atoms with Crippen LogP contribution in [0.15, 0.2) is 22.7 Å². The van der Waals surface area contributed by atoms with E-state index in [4.69, 9.17) is 4.74 Å². The highest BCUT2D eigenvalue weighted by molar-refractivity contribution is 9.10. The third kappa shape index (κ3) is 4.21. The molecule has 1 heterocycles. The largest absolute Gasteiger partial charge is 0.497 e. The minimum Gasteiger partial charge on any atom is -0.497 e. The second kappa shape index (κ2) is 7.43. The molecular weight excluding hydrogens is 316 g/mol. The number of hydrogen-bond donors (Lipinski definition) is 1. The molecule has 112 valence electrons. The number of halogens is 1. The first-order valence-electron chi connectivity index (χ1n) is 7.40. The van der Waals surface area contributed by atoms with Crippen LogP contribution in [0.25, 0.3) is 0 Å². The number of rotatable bonds is 5. The Kier molecular flexibility index (Phi) is 5.87. The third-order valence-electron chi connectivity index (χ3n) is 4.09. The van der Waals surface area contributed by atoms with Gasteiger partial charge in [0, 0.05) is 23.1 Å². The standard InChI is InChI=1S/C16H25BrN2O/c1-12(2)19-8-6-14(7-9-19)18-11-13-10-15(20-3)4-5-16(13)17/h4-5,10,12,14,18H,6-9,11H2,1-3H3. The van der Waals surface area contributed by atoms with E-state index in [1.807, 2.05) is 6.07 Å². The van der Waals surface area contributed by atoms with E-state index in [0.717, 1.165) is 16.8 Å². The van der Waals surface area contributed by atoms with E-state index in [-0.39, 0.29) is 0 Å². The maximum atomic E-state index is 5.29. The fourth-order valence-electron chi connectivity index (χ4n) is 2.69. The molecular formula is C16H25BrN2O. The van der Waals surface area contributed by atoms with E-state index in [1.54, 1.807) is 7.11 Å². The molecule has 1 N–H and O–H groups in total. The Labute approximate surface area is 130 Å². The molecule has 1 fully saturated rings. The Bertz CT molecular complexity index is 428. The van der Waals surface area contributed by atoms with Crippen molar-refractivity contribution >= 4 is 15.9 Å². The lowest BCUT2D eigenvalue weighted by molar-refractivity contribution is 0.161. The molecule has 0 spiro atoms. The molecule has 0 aromatic heterocycles. The van der Waals surface area contributed by atoms with Gasteiger partial charge in [0.2, 0.25) is 0 Å². The normalized spacial score (nSPS) is 17.6. The van der Waals surface area contributed by atoms with Crippen molar-refractivity contribution in [3.63, 3.8) is 0 Å². The summed E-state index contributed by atoms with van der Waals surface area (Å²) in [6, 6.07) is 7.43. The highest BCUT2D eigenvalue weighted by Gasteiger charge is 2.20. The molecule has 3 nitrogen and oxygen atoms in total. The lowest BCUT2D eigenvalue weighted by atomic mass is 10.0. The number of nitrogens with zero attached hydrogens (tertiary/aromatic N) is 1. The molecule has 0 radical (unpaired) electrons. The summed E-state index contributed by atoms with van der Waals surface area (Å²) >= 11 is 3.61. The summed E-state index contributed by atoms with van der Waals surface area (Å²) in [6.45, 7) is 7.86. The van der Waals surface area contributed by atoms with Crippen molar-refractivity contribution < 1.29 is 4.74 Å². The van der Waals surface area contributed by atoms with Gasteiger partial charge in [0.15, 0.2) is 0 Å². The molecule has 1 aromatic rings. The van der Waals surface area contributed by atoms with Crippen LogP contribution in [-0.4, -0.2) is 37.2 Å². The SMILES string of the molecule is COc1ccc(Br)c(CNC2CCN(C(C)C)CC2)c1. The molecule has 1 saturated heterocycles. The van der Waals surface area contributed by atoms with E-state index in [9.17, 15) is 0 Å². The Hall–Kier alpha value is -0.580. The highest BCUT2D eigenvalue weighted by atomic mass is 79.9. The van der Waals surface area contributed by atoms with Crippen LogP contribution in [0.3, 0.4) is 0 Å². The predicted molar refractivity (Wildman–Crippen MR) is 87.3 cm³/mol. The first kappa shape index (κ1) is 15.8. The monoisotopic (exact) mass is 340 g/mol. The van der Waals surface area contributed by atoms with Crippen LogP contribution in [-0.2, 0) is 6.54 Å². The Morgan fingerprint density at radius 3 is 2.65 bits per heavy atom. The van der Waals surface area contributed by atoms with Crippen molar-refractivity contribution in [2.75, 3.05) is 20.2 Å². The van der Waals surface area contributed by atoms with Crippen LogP contribution in [0.4, 0.5) is 0 Å². The second-order valence-electron chi connectivity index (χ2n) is 5.74. The van der Waals surface area contributed by atoms with Crippen LogP contribution in [0, 0.1) is 0 Å². The Morgan fingerprint density at radius 1 is 1.35 bits per heavy atom. The van der Waals surface area contributed by atoms with Gasteiger partial charge in [0.05, 0.1) is 7.11 Å². The molecule has 0 unspecified atom stereocenters. The van der Waals surface area contributed by atoms with Crippen LogP contribution in [0.5, 0.6) is 5.75 Å². The fourth-order valence-corrected chi connectivity index (χ4v) is 3.07. The average Bonchev–Trinajstić information content (AvgIpc) is 2.47. The number of hydrogen-bond acceptors (Lipinski definition) is 3. The van der Waals surface area contributed by atoms with E-state index in [0.29, 0.717) is 12.1 Å². The van der Waals surface area contributed by atoms with Gasteiger partial charge >= 0.3 is 0 Å². The maximum Gasteiger partial charge on any atom is 0.119 e. The van der Waals surface area contributed by atoms with Crippen molar-refractivity contribution in [2.24, 2.45) is 0 Å². The molecule has 1 aliphatic rings. The number of likely N-dealkylation sites (tertiary alicyclic amines) is 1. The first-order valence-corrected chi connectivity index (χ1v) is 8.19. The fraction of sp³-hybridized carbons (Fsp3) is 0.625. The summed E-state index contributed by atoms with van der Waals surface area (Å²) in [6.07, 6.45) is 2.47.